The second-order valence-corrected chi connectivity index (χ2v) is 11.3. The molecule has 0 N–H and O–H groups in total. The zero-order valence-electron chi connectivity index (χ0n) is 22.0. The molecule has 0 saturated heterocycles. The number of nitrogens with zero attached hydrogens (tertiary/aromatic N) is 1. The van der Waals surface area contributed by atoms with E-state index in [0.717, 1.165) is 0 Å². The Balaban J connectivity index is 1.64. The van der Waals surface area contributed by atoms with Gasteiger partial charge in [-0.05, 0) is 95.2 Å². The zero-order chi connectivity index (χ0) is 25.9. The van der Waals surface area contributed by atoms with E-state index < -0.39 is 0 Å². The van der Waals surface area contributed by atoms with Crippen LogP contribution in [0.1, 0.15) is 26.3 Å². The number of aromatic nitrogens is 1. The van der Waals surface area contributed by atoms with Crippen LogP contribution in [0.4, 0.5) is 0 Å². The summed E-state index contributed by atoms with van der Waals surface area (Å²) in [6.07, 6.45) is 3.97. The molecule has 0 fully saturated rings. The summed E-state index contributed by atoms with van der Waals surface area (Å²) >= 11 is 0. The predicted molar refractivity (Wildman–Crippen MR) is 164 cm³/mol. The van der Waals surface area contributed by atoms with Gasteiger partial charge in [-0.2, -0.15) is 0 Å². The first-order chi connectivity index (χ1) is 18.5. The van der Waals surface area contributed by atoms with Crippen LogP contribution in [-0.2, 0) is 5.41 Å². The molecule has 0 spiro atoms. The second-order valence-electron chi connectivity index (χ2n) is 11.3. The first-order valence-corrected chi connectivity index (χ1v) is 13.3. The predicted octanol–water partition coefficient (Wildman–Crippen LogP) is 10.3. The highest BCUT2D eigenvalue weighted by atomic mass is 14.6. The molecule has 0 aliphatic rings. The molecule has 182 valence electrons. The highest BCUT2D eigenvalue weighted by molar-refractivity contribution is 6.22. The standard InChI is InChI=1S/C37H29N/c1-37(2,3)30-16-17-31-33(22-30)35(28-14-12-24-8-4-6-10-26(24)20-28)32-18-19-38-23-34(32)36(31)29-15-13-25-9-5-7-11-27(25)21-29/h4-23H,1-3H3. The molecule has 38 heavy (non-hydrogen) atoms. The molecule has 1 nitrogen and oxygen atoms in total. The van der Waals surface area contributed by atoms with E-state index in [9.17, 15) is 0 Å². The third kappa shape index (κ3) is 3.66. The molecule has 0 atom stereocenters. The summed E-state index contributed by atoms with van der Waals surface area (Å²) in [4.78, 5) is 4.61. The molecular formula is C37H29N. The molecule has 0 amide bonds. The minimum atomic E-state index is 0.0468. The topological polar surface area (TPSA) is 12.9 Å². The van der Waals surface area contributed by atoms with Crippen molar-refractivity contribution in [1.29, 1.82) is 0 Å². The average molecular weight is 488 g/mol. The number of pyridine rings is 1. The maximum Gasteiger partial charge on any atom is 0.0353 e. The fourth-order valence-electron chi connectivity index (χ4n) is 5.85. The molecule has 0 aliphatic carbocycles. The van der Waals surface area contributed by atoms with Crippen LogP contribution in [-0.4, -0.2) is 4.98 Å². The van der Waals surface area contributed by atoms with Crippen molar-refractivity contribution < 1.29 is 0 Å². The van der Waals surface area contributed by atoms with Gasteiger partial charge in [-0.3, -0.25) is 4.98 Å². The van der Waals surface area contributed by atoms with E-state index in [1.165, 1.54) is 70.9 Å². The van der Waals surface area contributed by atoms with Gasteiger partial charge in [0.15, 0.2) is 0 Å². The van der Waals surface area contributed by atoms with Crippen molar-refractivity contribution in [3.8, 4) is 22.3 Å². The first kappa shape index (κ1) is 22.7. The molecule has 0 saturated carbocycles. The fraction of sp³-hybridized carbons (Fsp3) is 0.108. The van der Waals surface area contributed by atoms with Crippen molar-refractivity contribution in [1.82, 2.24) is 4.98 Å². The molecule has 0 radical (unpaired) electrons. The van der Waals surface area contributed by atoms with Crippen molar-refractivity contribution in [3.63, 3.8) is 0 Å². The Kier molecular flexibility index (Phi) is 5.09. The quantitative estimate of drug-likeness (QED) is 0.221. The van der Waals surface area contributed by atoms with E-state index in [2.05, 4.69) is 135 Å². The van der Waals surface area contributed by atoms with Crippen LogP contribution in [0.2, 0.25) is 0 Å². The number of benzene rings is 6. The number of hydrogen-bond acceptors (Lipinski definition) is 1. The van der Waals surface area contributed by atoms with Gasteiger partial charge >= 0.3 is 0 Å². The Labute approximate surface area is 223 Å². The minimum Gasteiger partial charge on any atom is -0.264 e. The van der Waals surface area contributed by atoms with Crippen LogP contribution in [0.5, 0.6) is 0 Å². The molecule has 0 unspecified atom stereocenters. The number of rotatable bonds is 2. The van der Waals surface area contributed by atoms with Gasteiger partial charge in [-0.25, -0.2) is 0 Å². The van der Waals surface area contributed by atoms with Crippen LogP contribution < -0.4 is 0 Å². The van der Waals surface area contributed by atoms with E-state index in [4.69, 9.17) is 0 Å². The van der Waals surface area contributed by atoms with Crippen molar-refractivity contribution in [3.05, 3.63) is 127 Å². The van der Waals surface area contributed by atoms with E-state index in [-0.39, 0.29) is 5.41 Å². The van der Waals surface area contributed by atoms with Gasteiger partial charge in [0.1, 0.15) is 0 Å². The summed E-state index contributed by atoms with van der Waals surface area (Å²) in [5.74, 6) is 0. The van der Waals surface area contributed by atoms with Crippen LogP contribution in [0.15, 0.2) is 122 Å². The Bertz CT molecular complexity index is 2010. The molecular weight excluding hydrogens is 458 g/mol. The Morgan fingerprint density at radius 3 is 1.63 bits per heavy atom. The van der Waals surface area contributed by atoms with Crippen LogP contribution >= 0.6 is 0 Å². The van der Waals surface area contributed by atoms with E-state index >= 15 is 0 Å². The third-order valence-corrected chi connectivity index (χ3v) is 7.86. The van der Waals surface area contributed by atoms with Gasteiger partial charge in [0.2, 0.25) is 0 Å². The summed E-state index contributed by atoms with van der Waals surface area (Å²) in [7, 11) is 0. The van der Waals surface area contributed by atoms with Crippen molar-refractivity contribution >= 4 is 43.1 Å². The molecule has 6 aromatic carbocycles. The third-order valence-electron chi connectivity index (χ3n) is 7.86. The van der Waals surface area contributed by atoms with Gasteiger partial charge in [-0.1, -0.05) is 106 Å². The molecule has 7 rings (SSSR count). The highest BCUT2D eigenvalue weighted by Crippen LogP contribution is 2.45. The smallest absolute Gasteiger partial charge is 0.0353 e. The van der Waals surface area contributed by atoms with Crippen molar-refractivity contribution in [2.45, 2.75) is 26.2 Å². The maximum absolute atomic E-state index is 4.61. The van der Waals surface area contributed by atoms with Crippen LogP contribution in [0.25, 0.3) is 65.3 Å². The Morgan fingerprint density at radius 1 is 0.474 bits per heavy atom. The maximum atomic E-state index is 4.61. The highest BCUT2D eigenvalue weighted by Gasteiger charge is 2.20. The van der Waals surface area contributed by atoms with Gasteiger partial charge in [0.25, 0.3) is 0 Å². The SMILES string of the molecule is CC(C)(C)c1ccc2c(-c3ccc4ccccc4c3)c3cnccc3c(-c3ccc4ccccc4c3)c2c1. The molecule has 0 aliphatic heterocycles. The molecule has 1 heterocycles. The molecule has 0 bridgehead atoms. The van der Waals surface area contributed by atoms with Crippen LogP contribution in [0.3, 0.4) is 0 Å². The van der Waals surface area contributed by atoms with E-state index in [1.807, 2.05) is 12.4 Å². The Hall–Kier alpha value is -4.49. The van der Waals surface area contributed by atoms with Crippen molar-refractivity contribution in [2.75, 3.05) is 0 Å². The monoisotopic (exact) mass is 487 g/mol. The lowest BCUT2D eigenvalue weighted by Crippen LogP contribution is -2.10. The molecule has 1 heteroatoms. The van der Waals surface area contributed by atoms with E-state index in [0.29, 0.717) is 0 Å². The van der Waals surface area contributed by atoms with Crippen molar-refractivity contribution in [2.24, 2.45) is 0 Å². The summed E-state index contributed by atoms with van der Waals surface area (Å²) < 4.78 is 0. The average Bonchev–Trinajstić information content (AvgIpc) is 2.94. The van der Waals surface area contributed by atoms with Gasteiger partial charge < -0.3 is 0 Å². The first-order valence-electron chi connectivity index (χ1n) is 13.3. The van der Waals surface area contributed by atoms with Crippen LogP contribution in [0, 0.1) is 0 Å². The number of hydrogen-bond donors (Lipinski definition) is 0. The summed E-state index contributed by atoms with van der Waals surface area (Å²) in [5.41, 5.74) is 6.37. The largest absolute Gasteiger partial charge is 0.264 e. The van der Waals surface area contributed by atoms with Gasteiger partial charge in [-0.15, -0.1) is 0 Å². The lowest BCUT2D eigenvalue weighted by atomic mass is 9.81. The molecule has 7 aromatic rings. The van der Waals surface area contributed by atoms with Gasteiger partial charge in [0, 0.05) is 17.8 Å². The summed E-state index contributed by atoms with van der Waals surface area (Å²) in [6, 6.07) is 40.1. The fourth-order valence-corrected chi connectivity index (χ4v) is 5.85. The lowest BCUT2D eigenvalue weighted by Gasteiger charge is -2.23. The second kappa shape index (κ2) is 8.53. The number of fused-ring (bicyclic) bond motifs is 4. The summed E-state index contributed by atoms with van der Waals surface area (Å²) in [6.45, 7) is 6.87. The molecule has 1 aromatic heterocycles. The van der Waals surface area contributed by atoms with Gasteiger partial charge in [0.05, 0.1) is 0 Å². The Morgan fingerprint density at radius 2 is 1.03 bits per heavy atom. The minimum absolute atomic E-state index is 0.0468. The summed E-state index contributed by atoms with van der Waals surface area (Å²) in [5, 5.41) is 9.98. The zero-order valence-corrected chi connectivity index (χ0v) is 22.0. The normalized spacial score (nSPS) is 12.1. The lowest BCUT2D eigenvalue weighted by molar-refractivity contribution is 0.591. The van der Waals surface area contributed by atoms with E-state index in [1.54, 1.807) is 0 Å².